The van der Waals surface area contributed by atoms with Gasteiger partial charge in [0.2, 0.25) is 0 Å². The van der Waals surface area contributed by atoms with Gasteiger partial charge in [0.25, 0.3) is 0 Å². The van der Waals surface area contributed by atoms with E-state index in [0.29, 0.717) is 23.8 Å². The molecule has 2 aromatic rings. The molecule has 0 aromatic heterocycles. The molecule has 0 fully saturated rings. The average molecular weight is 273 g/mol. The second-order valence-electron chi connectivity index (χ2n) is 4.53. The van der Waals surface area contributed by atoms with Crippen LogP contribution in [0.4, 0.5) is 10.5 Å². The van der Waals surface area contributed by atoms with Crippen molar-refractivity contribution in [3.8, 4) is 0 Å². The number of benzene rings is 2. The van der Waals surface area contributed by atoms with E-state index in [4.69, 9.17) is 11.6 Å². The number of carbonyl (C=O) groups is 1. The van der Waals surface area contributed by atoms with E-state index in [2.05, 4.69) is 17.4 Å². The minimum Gasteiger partial charge on any atom is -0.316 e. The van der Waals surface area contributed by atoms with Crippen molar-refractivity contribution in [1.29, 1.82) is 0 Å². The van der Waals surface area contributed by atoms with Gasteiger partial charge in [0.1, 0.15) is 0 Å². The van der Waals surface area contributed by atoms with Crippen molar-refractivity contribution < 1.29 is 4.79 Å². The lowest BCUT2D eigenvalue weighted by Gasteiger charge is -2.16. The first-order chi connectivity index (χ1) is 9.24. The van der Waals surface area contributed by atoms with Crippen LogP contribution in [0.15, 0.2) is 48.5 Å². The van der Waals surface area contributed by atoms with E-state index in [1.165, 1.54) is 11.1 Å². The fraction of sp³-hybridized carbons (Fsp3) is 0.133. The fourth-order valence-electron chi connectivity index (χ4n) is 2.23. The number of nitrogens with zero attached hydrogens (tertiary/aromatic N) is 1. The molecule has 1 aliphatic heterocycles. The van der Waals surface area contributed by atoms with Gasteiger partial charge in [-0.1, -0.05) is 48.0 Å². The van der Waals surface area contributed by atoms with Crippen LogP contribution in [-0.4, -0.2) is 10.9 Å². The highest BCUT2D eigenvalue weighted by Gasteiger charge is 2.23. The smallest absolute Gasteiger partial charge is 0.316 e. The maximum Gasteiger partial charge on any atom is 0.322 e. The van der Waals surface area contributed by atoms with E-state index in [1.807, 2.05) is 24.3 Å². The monoisotopic (exact) mass is 272 g/mol. The van der Waals surface area contributed by atoms with E-state index in [9.17, 15) is 4.79 Å². The molecule has 0 saturated carbocycles. The molecule has 0 saturated heterocycles. The van der Waals surface area contributed by atoms with Gasteiger partial charge in [-0.25, -0.2) is 4.79 Å². The van der Waals surface area contributed by atoms with Crippen LogP contribution in [0.2, 0.25) is 5.02 Å². The molecule has 0 aliphatic carbocycles. The summed E-state index contributed by atoms with van der Waals surface area (Å²) in [5.74, 6) is 0. The number of carbonyl (C=O) groups excluding carboxylic acids is 1. The van der Waals surface area contributed by atoms with Crippen molar-refractivity contribution in [2.75, 3.05) is 5.32 Å². The van der Waals surface area contributed by atoms with Gasteiger partial charge in [-0.15, -0.1) is 0 Å². The van der Waals surface area contributed by atoms with Crippen LogP contribution >= 0.6 is 11.6 Å². The van der Waals surface area contributed by atoms with Gasteiger partial charge in [-0.05, 0) is 23.3 Å². The summed E-state index contributed by atoms with van der Waals surface area (Å²) < 4.78 is 0. The van der Waals surface area contributed by atoms with Crippen molar-refractivity contribution >= 4 is 23.3 Å². The number of urea groups is 1. The van der Waals surface area contributed by atoms with Gasteiger partial charge in [0.05, 0.1) is 10.7 Å². The van der Waals surface area contributed by atoms with E-state index in [0.717, 1.165) is 0 Å². The lowest BCUT2D eigenvalue weighted by molar-refractivity contribution is 0.212. The molecule has 19 heavy (non-hydrogen) atoms. The summed E-state index contributed by atoms with van der Waals surface area (Å²) in [4.78, 5) is 14.0. The molecule has 0 unspecified atom stereocenters. The standard InChI is InChI=1S/C15H13ClN2O/c16-13-7-3-4-8-14(13)17-15(19)18-9-11-5-1-2-6-12(11)10-18/h1-8H,9-10H2,(H,17,19). The number of para-hydroxylation sites is 1. The molecule has 2 amide bonds. The first-order valence-corrected chi connectivity index (χ1v) is 6.49. The zero-order chi connectivity index (χ0) is 13.2. The number of hydrogen-bond acceptors (Lipinski definition) is 1. The number of anilines is 1. The molecule has 0 bridgehead atoms. The summed E-state index contributed by atoms with van der Waals surface area (Å²) in [6.45, 7) is 1.29. The van der Waals surface area contributed by atoms with E-state index in [1.54, 1.807) is 17.0 Å². The van der Waals surface area contributed by atoms with Crippen LogP contribution in [0.25, 0.3) is 0 Å². The lowest BCUT2D eigenvalue weighted by Crippen LogP contribution is -2.30. The van der Waals surface area contributed by atoms with Crippen molar-refractivity contribution in [2.45, 2.75) is 13.1 Å². The molecule has 3 rings (SSSR count). The van der Waals surface area contributed by atoms with Crippen LogP contribution in [0.1, 0.15) is 11.1 Å². The van der Waals surface area contributed by atoms with Crippen LogP contribution in [0.5, 0.6) is 0 Å². The Labute approximate surface area is 116 Å². The highest BCUT2D eigenvalue weighted by molar-refractivity contribution is 6.33. The zero-order valence-corrected chi connectivity index (χ0v) is 11.0. The summed E-state index contributed by atoms with van der Waals surface area (Å²) in [5, 5.41) is 3.39. The Morgan fingerprint density at radius 2 is 1.58 bits per heavy atom. The Balaban J connectivity index is 1.72. The summed E-state index contributed by atoms with van der Waals surface area (Å²) in [5.41, 5.74) is 3.05. The molecule has 3 nitrogen and oxygen atoms in total. The first-order valence-electron chi connectivity index (χ1n) is 6.11. The Bertz CT molecular complexity index is 602. The number of amides is 2. The predicted octanol–water partition coefficient (Wildman–Crippen LogP) is 3.89. The molecular formula is C15H13ClN2O. The molecule has 1 aliphatic rings. The minimum absolute atomic E-state index is 0.121. The third-order valence-corrected chi connectivity index (χ3v) is 3.57. The average Bonchev–Trinajstić information content (AvgIpc) is 2.85. The molecule has 96 valence electrons. The number of halogens is 1. The number of hydrogen-bond donors (Lipinski definition) is 1. The van der Waals surface area contributed by atoms with Crippen molar-refractivity contribution in [3.63, 3.8) is 0 Å². The molecule has 0 spiro atoms. The Morgan fingerprint density at radius 3 is 2.21 bits per heavy atom. The molecule has 1 N–H and O–H groups in total. The van der Waals surface area contributed by atoms with E-state index < -0.39 is 0 Å². The van der Waals surface area contributed by atoms with Crippen LogP contribution < -0.4 is 5.32 Å². The van der Waals surface area contributed by atoms with E-state index >= 15 is 0 Å². The summed E-state index contributed by atoms with van der Waals surface area (Å²) in [6, 6.07) is 15.2. The quantitative estimate of drug-likeness (QED) is 0.839. The molecule has 1 heterocycles. The van der Waals surface area contributed by atoms with Gasteiger partial charge in [0.15, 0.2) is 0 Å². The predicted molar refractivity (Wildman–Crippen MR) is 76.2 cm³/mol. The highest BCUT2D eigenvalue weighted by Crippen LogP contribution is 2.25. The summed E-state index contributed by atoms with van der Waals surface area (Å²) in [6.07, 6.45) is 0. The van der Waals surface area contributed by atoms with Crippen LogP contribution in [0.3, 0.4) is 0 Å². The summed E-state index contributed by atoms with van der Waals surface area (Å²) >= 11 is 6.03. The summed E-state index contributed by atoms with van der Waals surface area (Å²) in [7, 11) is 0. The molecule has 0 atom stereocenters. The zero-order valence-electron chi connectivity index (χ0n) is 10.3. The molecular weight excluding hydrogens is 260 g/mol. The topological polar surface area (TPSA) is 32.3 Å². The lowest BCUT2D eigenvalue weighted by atomic mass is 10.1. The second kappa shape index (κ2) is 4.94. The Morgan fingerprint density at radius 1 is 1.00 bits per heavy atom. The van der Waals surface area contributed by atoms with Crippen molar-refractivity contribution in [1.82, 2.24) is 4.90 Å². The van der Waals surface area contributed by atoms with Gasteiger partial charge in [-0.3, -0.25) is 0 Å². The first kappa shape index (κ1) is 12.1. The SMILES string of the molecule is O=C(Nc1ccccc1Cl)N1Cc2ccccc2C1. The normalized spacial score (nSPS) is 13.2. The number of nitrogens with one attached hydrogen (secondary N) is 1. The van der Waals surface area contributed by atoms with Crippen molar-refractivity contribution in [2.24, 2.45) is 0 Å². The minimum atomic E-state index is -0.121. The van der Waals surface area contributed by atoms with Crippen LogP contribution in [0, 0.1) is 0 Å². The highest BCUT2D eigenvalue weighted by atomic mass is 35.5. The largest absolute Gasteiger partial charge is 0.322 e. The number of rotatable bonds is 1. The van der Waals surface area contributed by atoms with Crippen LogP contribution in [-0.2, 0) is 13.1 Å². The fourth-order valence-corrected chi connectivity index (χ4v) is 2.42. The van der Waals surface area contributed by atoms with Gasteiger partial charge in [0, 0.05) is 13.1 Å². The molecule has 2 aromatic carbocycles. The van der Waals surface area contributed by atoms with Gasteiger partial charge >= 0.3 is 6.03 Å². The van der Waals surface area contributed by atoms with E-state index in [-0.39, 0.29) is 6.03 Å². The van der Waals surface area contributed by atoms with Gasteiger partial charge in [-0.2, -0.15) is 0 Å². The number of fused-ring (bicyclic) bond motifs is 1. The third-order valence-electron chi connectivity index (χ3n) is 3.24. The maximum atomic E-state index is 12.2. The Hall–Kier alpha value is -2.00. The molecule has 0 radical (unpaired) electrons. The molecule has 4 heteroatoms. The van der Waals surface area contributed by atoms with Crippen molar-refractivity contribution in [3.05, 3.63) is 64.7 Å². The Kier molecular flexibility index (Phi) is 3.13. The second-order valence-corrected chi connectivity index (χ2v) is 4.94. The third kappa shape index (κ3) is 2.42. The van der Waals surface area contributed by atoms with Gasteiger partial charge < -0.3 is 10.2 Å². The maximum absolute atomic E-state index is 12.2.